The summed E-state index contributed by atoms with van der Waals surface area (Å²) in [5.74, 6) is -1.56. The number of hydrogen-bond acceptors (Lipinski definition) is 5. The minimum Gasteiger partial charge on any atom is -0.326 e. The minimum absolute atomic E-state index is 0.0955. The Hall–Kier alpha value is -2.32. The highest BCUT2D eigenvalue weighted by molar-refractivity contribution is 8.01. The van der Waals surface area contributed by atoms with Crippen LogP contribution in [0.25, 0.3) is 0 Å². The largest absolute Gasteiger partial charge is 0.326 e. The lowest BCUT2D eigenvalue weighted by Gasteiger charge is -2.22. The topological polar surface area (TPSA) is 92.3 Å². The molecule has 0 saturated carbocycles. The molecule has 1 aliphatic heterocycles. The summed E-state index contributed by atoms with van der Waals surface area (Å²) in [4.78, 5) is 25.4. The summed E-state index contributed by atoms with van der Waals surface area (Å²) in [6, 6.07) is 10.3. The number of aryl methyl sites for hydroxylation is 1. The first kappa shape index (κ1) is 21.4. The summed E-state index contributed by atoms with van der Waals surface area (Å²) >= 11 is 1.39. The third kappa shape index (κ3) is 4.64. The van der Waals surface area contributed by atoms with Crippen LogP contribution in [0.2, 0.25) is 0 Å². The van der Waals surface area contributed by atoms with E-state index in [4.69, 9.17) is 0 Å². The zero-order chi connectivity index (χ0) is 21.3. The second kappa shape index (κ2) is 8.20. The number of nitrogens with one attached hydrogen (secondary N) is 2. The molecule has 6 nitrogen and oxygen atoms in total. The molecule has 29 heavy (non-hydrogen) atoms. The lowest BCUT2D eigenvalue weighted by molar-refractivity contribution is -0.119. The maximum absolute atomic E-state index is 12.9. The van der Waals surface area contributed by atoms with Crippen LogP contribution in [0, 0.1) is 19.8 Å². The Kier molecular flexibility index (Phi) is 6.05. The molecular formula is C21H24N2O4S2. The van der Waals surface area contributed by atoms with Crippen molar-refractivity contribution < 1.29 is 18.0 Å². The Bertz CT molecular complexity index is 1080. The summed E-state index contributed by atoms with van der Waals surface area (Å²) in [5, 5.41) is 5.34. The van der Waals surface area contributed by atoms with Gasteiger partial charge in [-0.1, -0.05) is 19.1 Å². The average molecular weight is 433 g/mol. The number of hydrogen-bond donors (Lipinski definition) is 2. The zero-order valence-corrected chi connectivity index (χ0v) is 18.4. The molecule has 0 bridgehead atoms. The molecule has 8 heteroatoms. The van der Waals surface area contributed by atoms with Gasteiger partial charge in [-0.2, -0.15) is 0 Å². The summed E-state index contributed by atoms with van der Waals surface area (Å²) in [7, 11) is -3.70. The van der Waals surface area contributed by atoms with Gasteiger partial charge in [0, 0.05) is 16.5 Å². The van der Waals surface area contributed by atoms with E-state index in [1.165, 1.54) is 23.9 Å². The van der Waals surface area contributed by atoms with Crippen molar-refractivity contribution in [2.45, 2.75) is 42.7 Å². The minimum atomic E-state index is -3.70. The van der Waals surface area contributed by atoms with Crippen LogP contribution in [0.15, 0.2) is 46.2 Å². The number of rotatable bonds is 5. The normalized spacial score (nSPS) is 17.2. The fraction of sp³-hybridized carbons (Fsp3) is 0.333. The molecule has 3 rings (SSSR count). The van der Waals surface area contributed by atoms with Gasteiger partial charge in [0.25, 0.3) is 0 Å². The first-order chi connectivity index (χ1) is 13.6. The molecule has 154 valence electrons. The van der Waals surface area contributed by atoms with Crippen molar-refractivity contribution in [1.82, 2.24) is 0 Å². The van der Waals surface area contributed by atoms with E-state index < -0.39 is 15.8 Å². The lowest BCUT2D eigenvalue weighted by Crippen LogP contribution is -2.28. The number of benzene rings is 2. The monoisotopic (exact) mass is 432 g/mol. The molecule has 1 aliphatic rings. The molecule has 2 aromatic carbocycles. The number of sulfone groups is 1. The molecule has 0 aromatic heterocycles. The van der Waals surface area contributed by atoms with Crippen LogP contribution in [0.4, 0.5) is 11.4 Å². The molecule has 0 radical (unpaired) electrons. The molecule has 0 unspecified atom stereocenters. The maximum atomic E-state index is 12.9. The highest BCUT2D eigenvalue weighted by Gasteiger charge is 2.27. The quantitative estimate of drug-likeness (QED) is 0.750. The fourth-order valence-corrected chi connectivity index (χ4v) is 5.53. The highest BCUT2D eigenvalue weighted by atomic mass is 32.2. The zero-order valence-electron chi connectivity index (χ0n) is 16.8. The van der Waals surface area contributed by atoms with E-state index in [1.807, 2.05) is 26.0 Å². The van der Waals surface area contributed by atoms with Crippen LogP contribution >= 0.6 is 11.8 Å². The molecule has 2 aromatic rings. The second-order valence-electron chi connectivity index (χ2n) is 7.33. The van der Waals surface area contributed by atoms with E-state index in [9.17, 15) is 18.0 Å². The van der Waals surface area contributed by atoms with Crippen LogP contribution in [0.5, 0.6) is 0 Å². The van der Waals surface area contributed by atoms with Crippen molar-refractivity contribution in [3.05, 3.63) is 47.5 Å². The third-order valence-electron chi connectivity index (χ3n) is 5.02. The molecule has 2 atom stereocenters. The maximum Gasteiger partial charge on any atom is 0.237 e. The molecular weight excluding hydrogens is 408 g/mol. The van der Waals surface area contributed by atoms with Gasteiger partial charge in [0.05, 0.1) is 21.6 Å². The predicted molar refractivity (Wildman–Crippen MR) is 116 cm³/mol. The van der Waals surface area contributed by atoms with E-state index in [2.05, 4.69) is 10.6 Å². The van der Waals surface area contributed by atoms with Crippen molar-refractivity contribution in [3.63, 3.8) is 0 Å². The third-order valence-corrected chi connectivity index (χ3v) is 8.11. The van der Waals surface area contributed by atoms with E-state index in [1.54, 1.807) is 26.0 Å². The molecule has 2 amide bonds. The van der Waals surface area contributed by atoms with Crippen LogP contribution < -0.4 is 10.6 Å². The van der Waals surface area contributed by atoms with E-state index in [0.29, 0.717) is 11.4 Å². The molecule has 2 N–H and O–H groups in total. The number of carbonyl (C=O) groups is 2. The Morgan fingerprint density at radius 1 is 1.24 bits per heavy atom. The van der Waals surface area contributed by atoms with E-state index in [-0.39, 0.29) is 27.7 Å². The Morgan fingerprint density at radius 3 is 2.69 bits per heavy atom. The van der Waals surface area contributed by atoms with Gasteiger partial charge in [-0.3, -0.25) is 9.59 Å². The Labute approximate surface area is 175 Å². The van der Waals surface area contributed by atoms with Crippen LogP contribution in [-0.2, 0) is 19.4 Å². The number of amides is 2. The van der Waals surface area contributed by atoms with E-state index >= 15 is 0 Å². The number of anilines is 2. The summed E-state index contributed by atoms with van der Waals surface area (Å²) in [6.45, 7) is 7.25. The molecule has 0 fully saturated rings. The van der Waals surface area contributed by atoms with Gasteiger partial charge in [0.1, 0.15) is 0 Å². The molecule has 0 saturated heterocycles. The number of fused-ring (bicyclic) bond motifs is 1. The molecule has 0 aliphatic carbocycles. The van der Waals surface area contributed by atoms with Gasteiger partial charge in [0.15, 0.2) is 9.84 Å². The summed E-state index contributed by atoms with van der Waals surface area (Å²) in [6.07, 6.45) is 0. The van der Waals surface area contributed by atoms with Gasteiger partial charge >= 0.3 is 0 Å². The average Bonchev–Trinajstić information content (AvgIpc) is 2.65. The van der Waals surface area contributed by atoms with Crippen LogP contribution in [0.1, 0.15) is 25.0 Å². The van der Waals surface area contributed by atoms with Gasteiger partial charge in [-0.05, 0) is 56.2 Å². The van der Waals surface area contributed by atoms with Crippen molar-refractivity contribution >= 4 is 44.8 Å². The van der Waals surface area contributed by atoms with Crippen LogP contribution in [-0.4, -0.2) is 31.2 Å². The van der Waals surface area contributed by atoms with Gasteiger partial charge in [0.2, 0.25) is 11.8 Å². The number of thioether (sulfide) groups is 1. The first-order valence-corrected chi connectivity index (χ1v) is 11.8. The standard InChI is InChI=1S/C21H24N2O4S2/c1-12-6-5-7-17(14(12)3)22-20(24)13(2)11-29(26,27)16-8-9-19-18(10-16)23-21(25)15(4)28-19/h5-10,13,15H,11H2,1-4H3,(H,22,24)(H,23,25)/t13-,15+/m0/s1. The van der Waals surface area contributed by atoms with Crippen molar-refractivity contribution in [3.8, 4) is 0 Å². The van der Waals surface area contributed by atoms with Crippen LogP contribution in [0.3, 0.4) is 0 Å². The Morgan fingerprint density at radius 2 is 1.97 bits per heavy atom. The van der Waals surface area contributed by atoms with E-state index in [0.717, 1.165) is 16.0 Å². The van der Waals surface area contributed by atoms with Crippen molar-refractivity contribution in [1.29, 1.82) is 0 Å². The highest BCUT2D eigenvalue weighted by Crippen LogP contribution is 2.37. The fourth-order valence-electron chi connectivity index (χ4n) is 3.02. The first-order valence-electron chi connectivity index (χ1n) is 9.30. The van der Waals surface area contributed by atoms with Gasteiger partial charge < -0.3 is 10.6 Å². The van der Waals surface area contributed by atoms with Gasteiger partial charge in [-0.15, -0.1) is 11.8 Å². The Balaban J connectivity index is 1.75. The summed E-state index contributed by atoms with van der Waals surface area (Å²) in [5.41, 5.74) is 3.17. The van der Waals surface area contributed by atoms with Crippen molar-refractivity contribution in [2.24, 2.45) is 5.92 Å². The molecule has 0 spiro atoms. The summed E-state index contributed by atoms with van der Waals surface area (Å²) < 4.78 is 25.7. The number of carbonyl (C=O) groups excluding carboxylic acids is 2. The smallest absolute Gasteiger partial charge is 0.237 e. The SMILES string of the molecule is Cc1cccc(NC(=O)[C@@H](C)CS(=O)(=O)c2ccc3c(c2)NC(=O)[C@@H](C)S3)c1C. The second-order valence-corrected chi connectivity index (χ2v) is 10.7. The predicted octanol–water partition coefficient (Wildman–Crippen LogP) is 3.78. The van der Waals surface area contributed by atoms with Crippen molar-refractivity contribution in [2.75, 3.05) is 16.4 Å². The van der Waals surface area contributed by atoms with Gasteiger partial charge in [-0.25, -0.2) is 8.42 Å². The molecule has 1 heterocycles. The lowest BCUT2D eigenvalue weighted by atomic mass is 10.1.